The normalized spacial score (nSPS) is 11.9. The fourth-order valence-electron chi connectivity index (χ4n) is 2.95. The summed E-state index contributed by atoms with van der Waals surface area (Å²) < 4.78 is 28.0. The van der Waals surface area contributed by atoms with Crippen LogP contribution in [0.2, 0.25) is 0 Å². The third kappa shape index (κ3) is 6.13. The highest BCUT2D eigenvalue weighted by Crippen LogP contribution is 2.25. The third-order valence-corrected chi connectivity index (χ3v) is 7.60. The molecule has 0 amide bonds. The van der Waals surface area contributed by atoms with Gasteiger partial charge < -0.3 is 0 Å². The summed E-state index contributed by atoms with van der Waals surface area (Å²) in [5.74, 6) is 0. The van der Waals surface area contributed by atoms with Gasteiger partial charge in [-0.3, -0.25) is 9.98 Å². The molecule has 0 aliphatic carbocycles. The van der Waals surface area contributed by atoms with Crippen molar-refractivity contribution in [2.45, 2.75) is 9.79 Å². The Morgan fingerprint density at radius 1 is 0.515 bits per heavy atom. The Hall–Kier alpha value is -2.87. The number of nitrogens with zero attached hydrogens (tertiary/aromatic N) is 2. The van der Waals surface area contributed by atoms with E-state index in [4.69, 9.17) is 0 Å². The van der Waals surface area contributed by atoms with Gasteiger partial charge in [0.05, 0.1) is 21.2 Å². The highest BCUT2D eigenvalue weighted by molar-refractivity contribution is 9.10. The predicted octanol–water partition coefficient (Wildman–Crippen LogP) is 7.55. The van der Waals surface area contributed by atoms with Gasteiger partial charge in [-0.2, -0.15) is 0 Å². The van der Waals surface area contributed by atoms with E-state index in [0.717, 1.165) is 20.1 Å². The van der Waals surface area contributed by atoms with E-state index in [1.807, 2.05) is 48.5 Å². The number of hydrogen-bond acceptors (Lipinski definition) is 4. The van der Waals surface area contributed by atoms with Crippen molar-refractivity contribution in [2.24, 2.45) is 9.98 Å². The highest BCUT2D eigenvalue weighted by atomic mass is 79.9. The largest absolute Gasteiger partial charge is 0.256 e. The molecule has 0 fully saturated rings. The lowest BCUT2D eigenvalue weighted by atomic mass is 10.2. The average molecular weight is 582 g/mol. The predicted molar refractivity (Wildman–Crippen MR) is 141 cm³/mol. The molecule has 0 saturated heterocycles. The van der Waals surface area contributed by atoms with Crippen molar-refractivity contribution < 1.29 is 8.42 Å². The number of sulfone groups is 1. The molecule has 0 unspecified atom stereocenters. The van der Waals surface area contributed by atoms with Crippen LogP contribution in [0, 0.1) is 0 Å². The summed E-state index contributed by atoms with van der Waals surface area (Å²) in [5, 5.41) is 0. The van der Waals surface area contributed by atoms with Gasteiger partial charge >= 0.3 is 0 Å². The second-order valence-electron chi connectivity index (χ2n) is 7.11. The zero-order chi connectivity index (χ0) is 23.3. The molecule has 4 rings (SSSR count). The maximum absolute atomic E-state index is 13.0. The van der Waals surface area contributed by atoms with E-state index in [-0.39, 0.29) is 9.79 Å². The number of halogens is 2. The van der Waals surface area contributed by atoms with Crippen LogP contribution in [0.5, 0.6) is 0 Å². The van der Waals surface area contributed by atoms with E-state index in [1.54, 1.807) is 61.0 Å². The van der Waals surface area contributed by atoms with Gasteiger partial charge in [-0.25, -0.2) is 8.42 Å². The van der Waals surface area contributed by atoms with Gasteiger partial charge in [0.2, 0.25) is 9.84 Å². The second kappa shape index (κ2) is 10.4. The first-order valence-corrected chi connectivity index (χ1v) is 13.0. The third-order valence-electron chi connectivity index (χ3n) is 4.76. The van der Waals surface area contributed by atoms with Crippen molar-refractivity contribution in [3.05, 3.63) is 117 Å². The van der Waals surface area contributed by atoms with E-state index in [9.17, 15) is 8.42 Å². The quantitative estimate of drug-likeness (QED) is 0.221. The van der Waals surface area contributed by atoms with Crippen LogP contribution < -0.4 is 0 Å². The molecule has 164 valence electrons. The molecule has 0 atom stereocenters. The van der Waals surface area contributed by atoms with Crippen LogP contribution in [-0.2, 0) is 9.84 Å². The van der Waals surface area contributed by atoms with Crippen LogP contribution in [-0.4, -0.2) is 20.8 Å². The monoisotopic (exact) mass is 580 g/mol. The number of benzene rings is 4. The van der Waals surface area contributed by atoms with Gasteiger partial charge in [-0.15, -0.1) is 0 Å². The van der Waals surface area contributed by atoms with Gasteiger partial charge in [0.1, 0.15) is 0 Å². The fraction of sp³-hybridized carbons (Fsp3) is 0. The van der Waals surface area contributed by atoms with Crippen molar-refractivity contribution in [3.63, 3.8) is 0 Å². The fourth-order valence-corrected chi connectivity index (χ4v) is 4.74. The summed E-state index contributed by atoms with van der Waals surface area (Å²) in [5.41, 5.74) is 3.26. The molecular weight excluding hydrogens is 564 g/mol. The van der Waals surface area contributed by atoms with Crippen molar-refractivity contribution in [3.8, 4) is 0 Å². The molecule has 4 aromatic carbocycles. The van der Waals surface area contributed by atoms with Crippen molar-refractivity contribution >= 4 is 65.5 Å². The summed E-state index contributed by atoms with van der Waals surface area (Å²) >= 11 is 6.80. The molecule has 0 bridgehead atoms. The molecule has 0 aliphatic rings. The number of hydrogen-bond donors (Lipinski definition) is 0. The van der Waals surface area contributed by atoms with Crippen LogP contribution in [0.3, 0.4) is 0 Å². The zero-order valence-corrected chi connectivity index (χ0v) is 21.3. The van der Waals surface area contributed by atoms with E-state index in [1.165, 1.54) is 0 Å². The first-order chi connectivity index (χ1) is 15.9. The molecule has 0 aliphatic heterocycles. The average Bonchev–Trinajstić information content (AvgIpc) is 2.84. The lowest BCUT2D eigenvalue weighted by Gasteiger charge is -2.05. The Morgan fingerprint density at radius 3 is 1.18 bits per heavy atom. The van der Waals surface area contributed by atoms with E-state index in [2.05, 4.69) is 41.8 Å². The highest BCUT2D eigenvalue weighted by Gasteiger charge is 2.17. The lowest BCUT2D eigenvalue weighted by Crippen LogP contribution is -2.01. The molecule has 0 aromatic heterocycles. The summed E-state index contributed by atoms with van der Waals surface area (Å²) in [6, 6.07) is 28.6. The summed E-state index contributed by atoms with van der Waals surface area (Å²) in [7, 11) is -3.63. The van der Waals surface area contributed by atoms with Crippen LogP contribution in [0.25, 0.3) is 0 Å². The number of aliphatic imine (C=N–C) groups is 2. The van der Waals surface area contributed by atoms with Gasteiger partial charge in [0, 0.05) is 21.4 Å². The molecule has 0 saturated carbocycles. The lowest BCUT2D eigenvalue weighted by molar-refractivity contribution is 0.596. The number of rotatable bonds is 6. The molecule has 0 radical (unpaired) electrons. The SMILES string of the molecule is O=S(=O)(c1ccc(N=Cc2ccc(Br)cc2)cc1)c1ccc(N=Cc2ccc(Br)cc2)cc1. The molecule has 7 heteroatoms. The van der Waals surface area contributed by atoms with Gasteiger partial charge in [-0.1, -0.05) is 56.1 Å². The van der Waals surface area contributed by atoms with Crippen LogP contribution >= 0.6 is 31.9 Å². The topological polar surface area (TPSA) is 58.9 Å². The van der Waals surface area contributed by atoms with Crippen molar-refractivity contribution in [2.75, 3.05) is 0 Å². The molecular formula is C26H18Br2N2O2S. The Labute approximate surface area is 209 Å². The molecule has 4 nitrogen and oxygen atoms in total. The van der Waals surface area contributed by atoms with Gasteiger partial charge in [-0.05, 0) is 83.9 Å². The van der Waals surface area contributed by atoms with E-state index in [0.29, 0.717) is 11.4 Å². The van der Waals surface area contributed by atoms with Crippen LogP contribution in [0.4, 0.5) is 11.4 Å². The Balaban J connectivity index is 1.47. The molecule has 0 N–H and O–H groups in total. The van der Waals surface area contributed by atoms with Gasteiger partial charge in [0.15, 0.2) is 0 Å². The molecule has 4 aromatic rings. The minimum atomic E-state index is -3.63. The first-order valence-electron chi connectivity index (χ1n) is 9.95. The Kier molecular flexibility index (Phi) is 7.33. The van der Waals surface area contributed by atoms with E-state index < -0.39 is 9.84 Å². The van der Waals surface area contributed by atoms with Gasteiger partial charge in [0.25, 0.3) is 0 Å². The smallest absolute Gasteiger partial charge is 0.206 e. The molecule has 33 heavy (non-hydrogen) atoms. The summed E-state index contributed by atoms with van der Waals surface area (Å²) in [6.45, 7) is 0. The molecule has 0 spiro atoms. The van der Waals surface area contributed by atoms with Crippen LogP contribution in [0.15, 0.2) is 126 Å². The Bertz CT molecular complexity index is 1290. The van der Waals surface area contributed by atoms with Crippen molar-refractivity contribution in [1.29, 1.82) is 0 Å². The maximum atomic E-state index is 13.0. The zero-order valence-electron chi connectivity index (χ0n) is 17.3. The first kappa shape index (κ1) is 23.3. The second-order valence-corrected chi connectivity index (χ2v) is 10.9. The van der Waals surface area contributed by atoms with Crippen molar-refractivity contribution in [1.82, 2.24) is 0 Å². The summed E-state index contributed by atoms with van der Waals surface area (Å²) in [6.07, 6.45) is 3.48. The summed E-state index contributed by atoms with van der Waals surface area (Å²) in [4.78, 5) is 9.26. The molecule has 0 heterocycles. The Morgan fingerprint density at radius 2 is 0.848 bits per heavy atom. The van der Waals surface area contributed by atoms with E-state index >= 15 is 0 Å². The minimum absolute atomic E-state index is 0.219. The standard InChI is InChI=1S/C26H18Br2N2O2S/c27-21-5-1-19(2-6-21)17-29-23-9-13-25(14-10-23)33(31,32)26-15-11-24(12-16-26)30-18-20-3-7-22(28)8-4-20/h1-18H. The maximum Gasteiger partial charge on any atom is 0.206 e. The van der Waals surface area contributed by atoms with Crippen LogP contribution in [0.1, 0.15) is 11.1 Å². The minimum Gasteiger partial charge on any atom is -0.256 e.